The Balaban J connectivity index is 2.14. The number of thiazole rings is 1. The van der Waals surface area contributed by atoms with Gasteiger partial charge in [-0.1, -0.05) is 11.3 Å². The summed E-state index contributed by atoms with van der Waals surface area (Å²) in [5.74, 6) is 0.927. The number of fused-ring (bicyclic) bond motifs is 1. The molecule has 3 aromatic rings. The molecule has 0 radical (unpaired) electrons. The molecule has 0 fully saturated rings. The number of hydrogen-bond donors (Lipinski definition) is 0. The molecule has 1 aromatic carbocycles. The molecule has 1 amide bonds. The number of aromatic nitrogens is 3. The number of nitrogens with zero attached hydrogens (tertiary/aromatic N) is 4. The lowest BCUT2D eigenvalue weighted by Gasteiger charge is -2.07. The van der Waals surface area contributed by atoms with Crippen molar-refractivity contribution in [1.82, 2.24) is 14.3 Å². The number of hydrogen-bond acceptors (Lipinski definition) is 5. The first kappa shape index (κ1) is 16.3. The van der Waals surface area contributed by atoms with E-state index in [4.69, 9.17) is 9.47 Å². The van der Waals surface area contributed by atoms with Crippen LogP contribution in [0.3, 0.4) is 0 Å². The maximum Gasteiger partial charge on any atom is 0.300 e. The fraction of sp³-hybridized carbons (Fsp3) is 0.312. The molecule has 24 heavy (non-hydrogen) atoms. The van der Waals surface area contributed by atoms with E-state index in [0.29, 0.717) is 22.0 Å². The first-order chi connectivity index (χ1) is 11.4. The van der Waals surface area contributed by atoms with Gasteiger partial charge in [-0.3, -0.25) is 9.48 Å². The summed E-state index contributed by atoms with van der Waals surface area (Å²) in [5, 5.41) is 4.17. The van der Waals surface area contributed by atoms with Crippen molar-refractivity contribution in [3.05, 3.63) is 34.4 Å². The third-order valence-corrected chi connectivity index (χ3v) is 4.82. The summed E-state index contributed by atoms with van der Waals surface area (Å²) in [6, 6.07) is 3.76. The lowest BCUT2D eigenvalue weighted by molar-refractivity contribution is 0.0992. The lowest BCUT2D eigenvalue weighted by Crippen LogP contribution is -2.14. The van der Waals surface area contributed by atoms with E-state index in [1.165, 1.54) is 11.3 Å². The summed E-state index contributed by atoms with van der Waals surface area (Å²) >= 11 is 1.41. The van der Waals surface area contributed by atoms with Crippen LogP contribution in [0.25, 0.3) is 10.2 Å². The highest BCUT2D eigenvalue weighted by Gasteiger charge is 2.14. The van der Waals surface area contributed by atoms with Crippen molar-refractivity contribution in [3.63, 3.8) is 0 Å². The van der Waals surface area contributed by atoms with Crippen LogP contribution < -0.4 is 14.3 Å². The summed E-state index contributed by atoms with van der Waals surface area (Å²) in [5.41, 5.74) is 2.09. The SMILES string of the molecule is COc1cc2sc(=NC(=O)c3nn(C)cc3C)n(C)c2cc1OC. The molecular weight excluding hydrogens is 328 g/mol. The Labute approximate surface area is 142 Å². The van der Waals surface area contributed by atoms with Crippen molar-refractivity contribution in [2.75, 3.05) is 14.2 Å². The van der Waals surface area contributed by atoms with E-state index < -0.39 is 0 Å². The first-order valence-corrected chi connectivity index (χ1v) is 8.07. The van der Waals surface area contributed by atoms with Crippen molar-refractivity contribution in [3.8, 4) is 11.5 Å². The highest BCUT2D eigenvalue weighted by molar-refractivity contribution is 7.16. The quantitative estimate of drug-likeness (QED) is 0.728. The van der Waals surface area contributed by atoms with E-state index in [1.807, 2.05) is 30.7 Å². The maximum absolute atomic E-state index is 12.4. The Hall–Kier alpha value is -2.61. The Morgan fingerprint density at radius 3 is 2.46 bits per heavy atom. The van der Waals surface area contributed by atoms with Crippen LogP contribution in [0.15, 0.2) is 23.3 Å². The van der Waals surface area contributed by atoms with Crippen molar-refractivity contribution < 1.29 is 14.3 Å². The Morgan fingerprint density at radius 2 is 1.88 bits per heavy atom. The predicted octanol–water partition coefficient (Wildman–Crippen LogP) is 2.04. The summed E-state index contributed by atoms with van der Waals surface area (Å²) in [6.07, 6.45) is 1.80. The topological polar surface area (TPSA) is 70.6 Å². The number of carbonyl (C=O) groups excluding carboxylic acids is 1. The standard InChI is InChI=1S/C16H18N4O3S/c1-9-8-19(2)18-14(9)15(21)17-16-20(3)10-6-11(22-4)12(23-5)7-13(10)24-16/h6-8H,1-5H3. The smallest absolute Gasteiger partial charge is 0.300 e. The van der Waals surface area contributed by atoms with Gasteiger partial charge in [-0.25, -0.2) is 0 Å². The molecule has 0 aliphatic carbocycles. The number of methoxy groups -OCH3 is 2. The second kappa shape index (κ2) is 6.12. The van der Waals surface area contributed by atoms with Crippen LogP contribution in [0.1, 0.15) is 16.1 Å². The predicted molar refractivity (Wildman–Crippen MR) is 91.7 cm³/mol. The molecule has 8 heteroatoms. The minimum atomic E-state index is -0.353. The van der Waals surface area contributed by atoms with Gasteiger partial charge in [0, 0.05) is 38.0 Å². The highest BCUT2D eigenvalue weighted by atomic mass is 32.1. The van der Waals surface area contributed by atoms with E-state index in [9.17, 15) is 4.79 Å². The molecule has 0 N–H and O–H groups in total. The molecule has 0 aliphatic rings. The third-order valence-electron chi connectivity index (χ3n) is 3.73. The van der Waals surface area contributed by atoms with Gasteiger partial charge in [0.1, 0.15) is 0 Å². The molecule has 0 bridgehead atoms. The number of ether oxygens (including phenoxy) is 2. The zero-order valence-corrected chi connectivity index (χ0v) is 15.0. The minimum absolute atomic E-state index is 0.353. The number of carbonyl (C=O) groups is 1. The van der Waals surface area contributed by atoms with Crippen LogP contribution in [-0.4, -0.2) is 34.5 Å². The molecule has 0 atom stereocenters. The fourth-order valence-electron chi connectivity index (χ4n) is 2.52. The highest BCUT2D eigenvalue weighted by Crippen LogP contribution is 2.33. The number of rotatable bonds is 3. The van der Waals surface area contributed by atoms with E-state index in [1.54, 1.807) is 32.1 Å². The molecule has 0 spiro atoms. The average Bonchev–Trinajstić information content (AvgIpc) is 3.05. The lowest BCUT2D eigenvalue weighted by atomic mass is 10.3. The molecule has 0 unspecified atom stereocenters. The van der Waals surface area contributed by atoms with Crippen molar-refractivity contribution in [2.45, 2.75) is 6.92 Å². The summed E-state index contributed by atoms with van der Waals surface area (Å²) in [6.45, 7) is 1.84. The Kier molecular flexibility index (Phi) is 4.15. The van der Waals surface area contributed by atoms with Gasteiger partial charge in [0.25, 0.3) is 5.91 Å². The third kappa shape index (κ3) is 2.69. The summed E-state index contributed by atoms with van der Waals surface area (Å²) in [4.78, 5) is 17.3. The van der Waals surface area contributed by atoms with Gasteiger partial charge in [0.15, 0.2) is 22.0 Å². The second-order valence-corrected chi connectivity index (χ2v) is 6.38. The van der Waals surface area contributed by atoms with Crippen LogP contribution in [0.2, 0.25) is 0 Å². The summed E-state index contributed by atoms with van der Waals surface area (Å²) < 4.78 is 15.1. The summed E-state index contributed by atoms with van der Waals surface area (Å²) in [7, 11) is 6.83. The molecule has 0 saturated heterocycles. The zero-order valence-electron chi connectivity index (χ0n) is 14.2. The first-order valence-electron chi connectivity index (χ1n) is 7.25. The molecule has 3 rings (SSSR count). The Morgan fingerprint density at radius 1 is 1.21 bits per heavy atom. The zero-order chi connectivity index (χ0) is 17.4. The van der Waals surface area contributed by atoms with E-state index in [-0.39, 0.29) is 5.91 Å². The number of amides is 1. The molecular formula is C16H18N4O3S. The van der Waals surface area contributed by atoms with Crippen LogP contribution in [0.5, 0.6) is 11.5 Å². The monoisotopic (exact) mass is 346 g/mol. The van der Waals surface area contributed by atoms with E-state index in [0.717, 1.165) is 15.8 Å². The van der Waals surface area contributed by atoms with Crippen LogP contribution >= 0.6 is 11.3 Å². The van der Waals surface area contributed by atoms with Gasteiger partial charge in [-0.15, -0.1) is 0 Å². The van der Waals surface area contributed by atoms with Gasteiger partial charge in [-0.2, -0.15) is 10.1 Å². The minimum Gasteiger partial charge on any atom is -0.493 e. The second-order valence-electron chi connectivity index (χ2n) is 5.37. The van der Waals surface area contributed by atoms with Crippen LogP contribution in [0, 0.1) is 6.92 Å². The Bertz CT molecular complexity index is 997. The molecule has 2 aromatic heterocycles. The van der Waals surface area contributed by atoms with Gasteiger partial charge in [-0.05, 0) is 6.92 Å². The number of benzene rings is 1. The molecule has 2 heterocycles. The largest absolute Gasteiger partial charge is 0.493 e. The van der Waals surface area contributed by atoms with E-state index >= 15 is 0 Å². The van der Waals surface area contributed by atoms with Gasteiger partial charge >= 0.3 is 0 Å². The number of aryl methyl sites for hydroxylation is 3. The van der Waals surface area contributed by atoms with Crippen LogP contribution in [0.4, 0.5) is 0 Å². The van der Waals surface area contributed by atoms with Crippen molar-refractivity contribution >= 4 is 27.5 Å². The fourth-order valence-corrected chi connectivity index (χ4v) is 3.55. The normalized spacial score (nSPS) is 12.0. The van der Waals surface area contributed by atoms with Gasteiger partial charge in [0.2, 0.25) is 0 Å². The van der Waals surface area contributed by atoms with E-state index in [2.05, 4.69) is 10.1 Å². The van der Waals surface area contributed by atoms with Gasteiger partial charge in [0.05, 0.1) is 24.4 Å². The van der Waals surface area contributed by atoms with Crippen molar-refractivity contribution in [2.24, 2.45) is 19.1 Å². The molecule has 7 nitrogen and oxygen atoms in total. The average molecular weight is 346 g/mol. The van der Waals surface area contributed by atoms with Crippen molar-refractivity contribution in [1.29, 1.82) is 0 Å². The van der Waals surface area contributed by atoms with Crippen LogP contribution in [-0.2, 0) is 14.1 Å². The van der Waals surface area contributed by atoms with Gasteiger partial charge < -0.3 is 14.0 Å². The molecule has 0 aliphatic heterocycles. The molecule has 126 valence electrons. The maximum atomic E-state index is 12.4. The molecule has 0 saturated carbocycles.